The van der Waals surface area contributed by atoms with Gasteiger partial charge in [-0.2, -0.15) is 26.3 Å². The van der Waals surface area contributed by atoms with Gasteiger partial charge in [0.2, 0.25) is 0 Å². The molecule has 2 unspecified atom stereocenters. The van der Waals surface area contributed by atoms with Gasteiger partial charge in [-0.15, -0.1) is 0 Å². The summed E-state index contributed by atoms with van der Waals surface area (Å²) in [5, 5.41) is 2.78. The SMILES string of the molecule is FC(F)(F)c1cccc(CC2CCC(C(F)(F)F)CN2)c1. The monoisotopic (exact) mass is 311 g/mol. The Kier molecular flexibility index (Phi) is 4.51. The Hall–Kier alpha value is -1.24. The minimum atomic E-state index is -4.41. The second-order valence-electron chi connectivity index (χ2n) is 5.32. The summed E-state index contributed by atoms with van der Waals surface area (Å²) < 4.78 is 75.3. The van der Waals surface area contributed by atoms with Crippen molar-refractivity contribution in [3.8, 4) is 0 Å². The number of nitrogens with one attached hydrogen (secondary N) is 1. The zero-order valence-electron chi connectivity index (χ0n) is 11.1. The molecular formula is C14H15F6N. The van der Waals surface area contributed by atoms with Crippen LogP contribution in [0.25, 0.3) is 0 Å². The summed E-state index contributed by atoms with van der Waals surface area (Å²) in [6.07, 6.45) is -8.00. The van der Waals surface area contributed by atoms with Crippen LogP contribution >= 0.6 is 0 Å². The summed E-state index contributed by atoms with van der Waals surface area (Å²) in [6, 6.07) is 4.70. The van der Waals surface area contributed by atoms with Gasteiger partial charge in [0.25, 0.3) is 0 Å². The van der Waals surface area contributed by atoms with Crippen LogP contribution in [0.4, 0.5) is 26.3 Å². The van der Waals surface area contributed by atoms with Crippen LogP contribution in [0.5, 0.6) is 0 Å². The van der Waals surface area contributed by atoms with Crippen molar-refractivity contribution in [1.82, 2.24) is 5.32 Å². The highest BCUT2D eigenvalue weighted by molar-refractivity contribution is 5.26. The number of alkyl halides is 6. The van der Waals surface area contributed by atoms with Crippen LogP contribution in [-0.4, -0.2) is 18.8 Å². The van der Waals surface area contributed by atoms with Gasteiger partial charge < -0.3 is 5.32 Å². The van der Waals surface area contributed by atoms with E-state index in [0.717, 1.165) is 12.1 Å². The fourth-order valence-electron chi connectivity index (χ4n) is 2.53. The third-order valence-corrected chi connectivity index (χ3v) is 3.72. The summed E-state index contributed by atoms with van der Waals surface area (Å²) in [4.78, 5) is 0. The molecule has 0 bridgehead atoms. The summed E-state index contributed by atoms with van der Waals surface area (Å²) >= 11 is 0. The van der Waals surface area contributed by atoms with Crippen LogP contribution in [0.3, 0.4) is 0 Å². The summed E-state index contributed by atoms with van der Waals surface area (Å²) in [5.41, 5.74) is -0.253. The van der Waals surface area contributed by atoms with E-state index in [-0.39, 0.29) is 19.0 Å². The van der Waals surface area contributed by atoms with E-state index >= 15 is 0 Å². The zero-order valence-corrected chi connectivity index (χ0v) is 11.1. The Balaban J connectivity index is 1.95. The lowest BCUT2D eigenvalue weighted by atomic mass is 9.90. The van der Waals surface area contributed by atoms with Gasteiger partial charge in [0.15, 0.2) is 0 Å². The molecule has 2 rings (SSSR count). The number of rotatable bonds is 2. The topological polar surface area (TPSA) is 12.0 Å². The molecule has 7 heteroatoms. The van der Waals surface area contributed by atoms with Gasteiger partial charge in [-0.1, -0.05) is 18.2 Å². The first-order valence-corrected chi connectivity index (χ1v) is 6.62. The van der Waals surface area contributed by atoms with E-state index < -0.39 is 23.8 Å². The fourth-order valence-corrected chi connectivity index (χ4v) is 2.53. The lowest BCUT2D eigenvalue weighted by Crippen LogP contribution is -2.45. The molecule has 1 saturated heterocycles. The summed E-state index contributed by atoms with van der Waals surface area (Å²) in [7, 11) is 0. The van der Waals surface area contributed by atoms with E-state index in [4.69, 9.17) is 0 Å². The van der Waals surface area contributed by atoms with Crippen molar-refractivity contribution in [1.29, 1.82) is 0 Å². The Morgan fingerprint density at radius 2 is 1.76 bits per heavy atom. The molecule has 0 spiro atoms. The van der Waals surface area contributed by atoms with Crippen LogP contribution in [-0.2, 0) is 12.6 Å². The van der Waals surface area contributed by atoms with E-state index in [9.17, 15) is 26.3 Å². The third-order valence-electron chi connectivity index (χ3n) is 3.72. The number of hydrogen-bond donors (Lipinski definition) is 1. The first kappa shape index (κ1) is 16.1. The fraction of sp³-hybridized carbons (Fsp3) is 0.571. The highest BCUT2D eigenvalue weighted by Crippen LogP contribution is 2.33. The average molecular weight is 311 g/mol. The molecule has 1 aromatic carbocycles. The predicted octanol–water partition coefficient (Wildman–Crippen LogP) is 4.18. The molecule has 118 valence electrons. The molecule has 1 aliphatic heterocycles. The first-order chi connectivity index (χ1) is 9.66. The van der Waals surface area contributed by atoms with E-state index in [1.165, 1.54) is 6.07 Å². The molecule has 1 nitrogen and oxygen atoms in total. The molecule has 1 aromatic rings. The lowest BCUT2D eigenvalue weighted by molar-refractivity contribution is -0.179. The van der Waals surface area contributed by atoms with Gasteiger partial charge in [-0.05, 0) is 30.9 Å². The molecule has 0 aliphatic carbocycles. The number of halogens is 6. The van der Waals surface area contributed by atoms with E-state index in [0.29, 0.717) is 18.4 Å². The van der Waals surface area contributed by atoms with Gasteiger partial charge in [-0.25, -0.2) is 0 Å². The largest absolute Gasteiger partial charge is 0.416 e. The van der Waals surface area contributed by atoms with Crippen molar-refractivity contribution in [2.24, 2.45) is 5.92 Å². The molecular weight excluding hydrogens is 296 g/mol. The molecule has 2 atom stereocenters. The molecule has 1 heterocycles. The number of benzene rings is 1. The van der Waals surface area contributed by atoms with E-state index in [1.807, 2.05) is 0 Å². The van der Waals surface area contributed by atoms with Crippen LogP contribution in [0.1, 0.15) is 24.0 Å². The van der Waals surface area contributed by atoms with Gasteiger partial charge in [0.05, 0.1) is 11.5 Å². The second kappa shape index (κ2) is 5.87. The Morgan fingerprint density at radius 1 is 1.05 bits per heavy atom. The van der Waals surface area contributed by atoms with Crippen LogP contribution < -0.4 is 5.32 Å². The van der Waals surface area contributed by atoms with Crippen LogP contribution in [0.15, 0.2) is 24.3 Å². The Bertz CT molecular complexity index is 471. The van der Waals surface area contributed by atoms with Crippen molar-refractivity contribution < 1.29 is 26.3 Å². The Morgan fingerprint density at radius 3 is 2.29 bits per heavy atom. The van der Waals surface area contributed by atoms with Crippen LogP contribution in [0, 0.1) is 5.92 Å². The molecule has 21 heavy (non-hydrogen) atoms. The second-order valence-corrected chi connectivity index (χ2v) is 5.32. The van der Waals surface area contributed by atoms with Crippen molar-refractivity contribution in [2.75, 3.05) is 6.54 Å². The summed E-state index contributed by atoms with van der Waals surface area (Å²) in [5.74, 6) is -1.37. The molecule has 0 saturated carbocycles. The average Bonchev–Trinajstić information content (AvgIpc) is 2.37. The predicted molar refractivity (Wildman–Crippen MR) is 65.7 cm³/mol. The van der Waals surface area contributed by atoms with Crippen molar-refractivity contribution in [3.05, 3.63) is 35.4 Å². The summed E-state index contributed by atoms with van der Waals surface area (Å²) in [6.45, 7) is -0.173. The zero-order chi connectivity index (χ0) is 15.7. The molecule has 1 aliphatic rings. The standard InChI is InChI=1S/C14H15F6N/c15-13(16,17)10-3-1-2-9(6-10)7-12-5-4-11(8-21-12)14(18,19)20/h1-3,6,11-12,21H,4-5,7-8H2. The lowest BCUT2D eigenvalue weighted by Gasteiger charge is -2.31. The van der Waals surface area contributed by atoms with Gasteiger partial charge in [0, 0.05) is 12.6 Å². The number of piperidine rings is 1. The molecule has 0 aromatic heterocycles. The number of hydrogen-bond acceptors (Lipinski definition) is 1. The highest BCUT2D eigenvalue weighted by Gasteiger charge is 2.41. The molecule has 1 N–H and O–H groups in total. The maximum Gasteiger partial charge on any atom is 0.416 e. The van der Waals surface area contributed by atoms with Gasteiger partial charge >= 0.3 is 12.4 Å². The quantitative estimate of drug-likeness (QED) is 0.808. The van der Waals surface area contributed by atoms with Gasteiger partial charge in [-0.3, -0.25) is 0 Å². The third kappa shape index (κ3) is 4.36. The highest BCUT2D eigenvalue weighted by atomic mass is 19.4. The smallest absolute Gasteiger partial charge is 0.313 e. The van der Waals surface area contributed by atoms with Gasteiger partial charge in [0.1, 0.15) is 0 Å². The molecule has 0 amide bonds. The van der Waals surface area contributed by atoms with Crippen molar-refractivity contribution in [3.63, 3.8) is 0 Å². The minimum absolute atomic E-state index is 0.0140. The van der Waals surface area contributed by atoms with Crippen molar-refractivity contribution in [2.45, 2.75) is 37.7 Å². The van der Waals surface area contributed by atoms with Crippen molar-refractivity contribution >= 4 is 0 Å². The first-order valence-electron chi connectivity index (χ1n) is 6.62. The van der Waals surface area contributed by atoms with Crippen LogP contribution in [0.2, 0.25) is 0 Å². The minimum Gasteiger partial charge on any atom is -0.313 e. The van der Waals surface area contributed by atoms with E-state index in [1.54, 1.807) is 6.07 Å². The maximum absolute atomic E-state index is 12.6. The molecule has 1 fully saturated rings. The normalized spacial score (nSPS) is 24.1. The Labute approximate surface area is 118 Å². The molecule has 0 radical (unpaired) electrons. The van der Waals surface area contributed by atoms with E-state index in [2.05, 4.69) is 5.32 Å². The maximum atomic E-state index is 12.6.